The van der Waals surface area contributed by atoms with Crippen LogP contribution in [0.3, 0.4) is 0 Å². The molecule has 0 bridgehead atoms. The van der Waals surface area contributed by atoms with E-state index in [2.05, 4.69) is 5.32 Å². The normalized spacial score (nSPS) is 19.6. The second-order valence-corrected chi connectivity index (χ2v) is 4.95. The number of morpholine rings is 1. The van der Waals surface area contributed by atoms with Crippen molar-refractivity contribution in [2.45, 2.75) is 31.8 Å². The molecule has 1 aliphatic heterocycles. The molecule has 0 aromatic heterocycles. The third-order valence-corrected chi connectivity index (χ3v) is 2.86. The predicted octanol–water partition coefficient (Wildman–Crippen LogP) is -0.265. The minimum atomic E-state index is -1.44. The van der Waals surface area contributed by atoms with E-state index in [1.54, 1.807) is 13.8 Å². The van der Waals surface area contributed by atoms with E-state index in [9.17, 15) is 14.4 Å². The minimum Gasteiger partial charge on any atom is -0.481 e. The van der Waals surface area contributed by atoms with Gasteiger partial charge < -0.3 is 25.2 Å². The van der Waals surface area contributed by atoms with Crippen LogP contribution in [-0.2, 0) is 14.3 Å². The molecular formula is C11H18N2O6. The fourth-order valence-corrected chi connectivity index (χ4v) is 1.84. The molecule has 0 aromatic carbocycles. The molecule has 108 valence electrons. The van der Waals surface area contributed by atoms with Gasteiger partial charge in [-0.15, -0.1) is 0 Å². The van der Waals surface area contributed by atoms with E-state index in [0.29, 0.717) is 19.8 Å². The second-order valence-electron chi connectivity index (χ2n) is 4.95. The molecule has 8 nitrogen and oxygen atoms in total. The number of hydrogen-bond donors (Lipinski definition) is 3. The molecule has 1 fully saturated rings. The molecule has 8 heteroatoms. The van der Waals surface area contributed by atoms with Crippen LogP contribution in [0.2, 0.25) is 0 Å². The molecule has 0 aromatic rings. The third kappa shape index (κ3) is 4.09. The smallest absolute Gasteiger partial charge is 0.326 e. The Balaban J connectivity index is 2.70. The molecule has 2 amide bonds. The van der Waals surface area contributed by atoms with Gasteiger partial charge in [0.25, 0.3) is 0 Å². The van der Waals surface area contributed by atoms with Gasteiger partial charge in [-0.2, -0.15) is 0 Å². The average molecular weight is 274 g/mol. The Morgan fingerprint density at radius 3 is 2.47 bits per heavy atom. The molecule has 0 saturated carbocycles. The summed E-state index contributed by atoms with van der Waals surface area (Å²) in [4.78, 5) is 34.9. The quantitative estimate of drug-likeness (QED) is 0.650. The number of amides is 2. The Bertz CT molecular complexity index is 381. The number of carboxylic acid groups (broad SMARTS) is 2. The highest BCUT2D eigenvalue weighted by Gasteiger charge is 2.36. The van der Waals surface area contributed by atoms with Crippen LogP contribution in [0.1, 0.15) is 20.3 Å². The fourth-order valence-electron chi connectivity index (χ4n) is 1.84. The average Bonchev–Trinajstić information content (AvgIpc) is 2.26. The van der Waals surface area contributed by atoms with Crippen LogP contribution in [-0.4, -0.2) is 64.4 Å². The van der Waals surface area contributed by atoms with Crippen LogP contribution >= 0.6 is 0 Å². The van der Waals surface area contributed by atoms with E-state index < -0.39 is 36.0 Å². The van der Waals surface area contributed by atoms with Gasteiger partial charge >= 0.3 is 18.0 Å². The maximum Gasteiger partial charge on any atom is 0.326 e. The first-order valence-corrected chi connectivity index (χ1v) is 5.84. The molecule has 1 aliphatic rings. The van der Waals surface area contributed by atoms with Crippen LogP contribution in [0.25, 0.3) is 0 Å². The van der Waals surface area contributed by atoms with Gasteiger partial charge in [-0.1, -0.05) is 0 Å². The highest BCUT2D eigenvalue weighted by atomic mass is 16.5. The first-order chi connectivity index (χ1) is 8.74. The molecular weight excluding hydrogens is 256 g/mol. The van der Waals surface area contributed by atoms with Gasteiger partial charge in [0.15, 0.2) is 0 Å². The summed E-state index contributed by atoms with van der Waals surface area (Å²) < 4.78 is 5.25. The number of hydrogen-bond acceptors (Lipinski definition) is 4. The molecule has 0 aliphatic carbocycles. The minimum absolute atomic E-state index is 0.332. The third-order valence-electron chi connectivity index (χ3n) is 2.86. The van der Waals surface area contributed by atoms with E-state index >= 15 is 0 Å². The van der Waals surface area contributed by atoms with Crippen molar-refractivity contribution in [3.63, 3.8) is 0 Å². The van der Waals surface area contributed by atoms with Gasteiger partial charge in [0.1, 0.15) is 6.04 Å². The van der Waals surface area contributed by atoms with E-state index in [0.717, 1.165) is 0 Å². The number of carboxylic acids is 2. The van der Waals surface area contributed by atoms with Gasteiger partial charge in [-0.3, -0.25) is 4.79 Å². The molecule has 19 heavy (non-hydrogen) atoms. The Hall–Kier alpha value is -1.83. The summed E-state index contributed by atoms with van der Waals surface area (Å²) in [6, 6.07) is -2.04. The van der Waals surface area contributed by atoms with Crippen LogP contribution in [0.4, 0.5) is 4.79 Å². The van der Waals surface area contributed by atoms with Crippen molar-refractivity contribution in [3.05, 3.63) is 0 Å². The number of carbonyl (C=O) groups excluding carboxylic acids is 1. The van der Waals surface area contributed by atoms with Gasteiger partial charge in [0.05, 0.1) is 25.2 Å². The maximum atomic E-state index is 12.0. The fraction of sp³-hybridized carbons (Fsp3) is 0.727. The second kappa shape index (κ2) is 5.87. The van der Waals surface area contributed by atoms with Crippen LogP contribution in [0, 0.1) is 0 Å². The number of ether oxygens (including phenoxy) is 1. The van der Waals surface area contributed by atoms with Crippen molar-refractivity contribution in [3.8, 4) is 0 Å². The molecule has 1 saturated heterocycles. The summed E-state index contributed by atoms with van der Waals surface area (Å²) in [6.45, 7) is 4.63. The largest absolute Gasteiger partial charge is 0.481 e. The van der Waals surface area contributed by atoms with E-state index in [1.165, 1.54) is 4.90 Å². The van der Waals surface area contributed by atoms with Gasteiger partial charge in [-0.05, 0) is 13.8 Å². The van der Waals surface area contributed by atoms with Crippen molar-refractivity contribution in [2.24, 2.45) is 0 Å². The molecule has 1 rings (SSSR count). The number of nitrogens with one attached hydrogen (secondary N) is 1. The van der Waals surface area contributed by atoms with Gasteiger partial charge in [0.2, 0.25) is 0 Å². The lowest BCUT2D eigenvalue weighted by Gasteiger charge is -2.42. The number of aliphatic carboxylic acids is 2. The summed E-state index contributed by atoms with van der Waals surface area (Å²) in [5.41, 5.74) is -0.561. The van der Waals surface area contributed by atoms with Gasteiger partial charge in [-0.25, -0.2) is 9.59 Å². The summed E-state index contributed by atoms with van der Waals surface area (Å²) in [5, 5.41) is 19.7. The van der Waals surface area contributed by atoms with Crippen LogP contribution in [0.15, 0.2) is 0 Å². The Morgan fingerprint density at radius 1 is 1.37 bits per heavy atom. The highest BCUT2D eigenvalue weighted by molar-refractivity contribution is 5.86. The highest BCUT2D eigenvalue weighted by Crippen LogP contribution is 2.19. The van der Waals surface area contributed by atoms with E-state index in [-0.39, 0.29) is 0 Å². The van der Waals surface area contributed by atoms with Crippen molar-refractivity contribution < 1.29 is 29.3 Å². The predicted molar refractivity (Wildman–Crippen MR) is 63.8 cm³/mol. The van der Waals surface area contributed by atoms with Crippen LogP contribution in [0.5, 0.6) is 0 Å². The lowest BCUT2D eigenvalue weighted by Crippen LogP contribution is -2.60. The van der Waals surface area contributed by atoms with Crippen molar-refractivity contribution in [1.82, 2.24) is 10.2 Å². The van der Waals surface area contributed by atoms with Crippen molar-refractivity contribution >= 4 is 18.0 Å². The molecule has 0 spiro atoms. The zero-order valence-corrected chi connectivity index (χ0v) is 10.9. The number of rotatable bonds is 4. The lowest BCUT2D eigenvalue weighted by atomic mass is 10.0. The molecule has 1 heterocycles. The standard InChI is InChI=1S/C11H18N2O6/c1-11(2)6-19-4-3-13(11)10(18)12-7(9(16)17)5-8(14)15/h7H,3-6H2,1-2H3,(H,12,18)(H,14,15)(H,16,17). The zero-order valence-electron chi connectivity index (χ0n) is 10.9. The van der Waals surface area contributed by atoms with E-state index in [4.69, 9.17) is 14.9 Å². The zero-order chi connectivity index (χ0) is 14.6. The molecule has 1 atom stereocenters. The molecule has 0 radical (unpaired) electrons. The van der Waals surface area contributed by atoms with E-state index in [1.807, 2.05) is 0 Å². The Morgan fingerprint density at radius 2 is 2.00 bits per heavy atom. The maximum absolute atomic E-state index is 12.0. The van der Waals surface area contributed by atoms with Crippen LogP contribution < -0.4 is 5.32 Å². The number of nitrogens with zero attached hydrogens (tertiary/aromatic N) is 1. The first kappa shape index (κ1) is 15.2. The summed E-state index contributed by atoms with van der Waals surface area (Å²) >= 11 is 0. The number of carbonyl (C=O) groups is 3. The molecule has 1 unspecified atom stereocenters. The van der Waals surface area contributed by atoms with Gasteiger partial charge in [0, 0.05) is 6.54 Å². The SMILES string of the molecule is CC1(C)COCCN1C(=O)NC(CC(=O)O)C(=O)O. The van der Waals surface area contributed by atoms with Crippen molar-refractivity contribution in [2.75, 3.05) is 19.8 Å². The summed E-state index contributed by atoms with van der Waals surface area (Å²) in [5.74, 6) is -2.66. The first-order valence-electron chi connectivity index (χ1n) is 5.84. The summed E-state index contributed by atoms with van der Waals surface area (Å²) in [6.07, 6.45) is -0.661. The van der Waals surface area contributed by atoms with Crippen molar-refractivity contribution in [1.29, 1.82) is 0 Å². The topological polar surface area (TPSA) is 116 Å². The monoisotopic (exact) mass is 274 g/mol. The number of urea groups is 1. The lowest BCUT2D eigenvalue weighted by molar-refractivity contribution is -0.145. The Kier molecular flexibility index (Phi) is 4.71. The molecule has 3 N–H and O–H groups in total. The Labute approximate surface area is 110 Å². The summed E-state index contributed by atoms with van der Waals surface area (Å²) in [7, 11) is 0.